The summed E-state index contributed by atoms with van der Waals surface area (Å²) in [5.74, 6) is 3.04. The van der Waals surface area contributed by atoms with Crippen molar-refractivity contribution < 1.29 is 0 Å². The van der Waals surface area contributed by atoms with Gasteiger partial charge in [0.1, 0.15) is 0 Å². The minimum atomic E-state index is 0.799. The van der Waals surface area contributed by atoms with Crippen molar-refractivity contribution >= 4 is 0 Å². The van der Waals surface area contributed by atoms with E-state index in [1.807, 2.05) is 0 Å². The highest BCUT2D eigenvalue weighted by atomic mass is 15.2. The van der Waals surface area contributed by atoms with E-state index in [-0.39, 0.29) is 0 Å². The number of nitrogens with zero attached hydrogens (tertiary/aromatic N) is 1. The number of rotatable bonds is 4. The summed E-state index contributed by atoms with van der Waals surface area (Å²) < 4.78 is 0. The third kappa shape index (κ3) is 3.33. The Kier molecular flexibility index (Phi) is 4.81. The lowest BCUT2D eigenvalue weighted by atomic mass is 9.94. The standard InChI is InChI=1S/C17H32N2/c1-2-18-17-10-5-3-4-7-16(17)13-19-11-14-8-6-9-15(14)12-19/h14-18H,2-13H2,1H3. The number of nitrogens with one attached hydrogen (secondary N) is 1. The van der Waals surface area contributed by atoms with Crippen LogP contribution in [0.25, 0.3) is 0 Å². The molecule has 3 aliphatic rings. The second kappa shape index (κ2) is 6.58. The van der Waals surface area contributed by atoms with Crippen LogP contribution >= 0.6 is 0 Å². The van der Waals surface area contributed by atoms with Crippen LogP contribution in [0.3, 0.4) is 0 Å². The van der Waals surface area contributed by atoms with Crippen molar-refractivity contribution in [3.8, 4) is 0 Å². The van der Waals surface area contributed by atoms with E-state index in [0.29, 0.717) is 0 Å². The smallest absolute Gasteiger partial charge is 0.0107 e. The molecule has 0 amide bonds. The second-order valence-electron chi connectivity index (χ2n) is 7.23. The van der Waals surface area contributed by atoms with Gasteiger partial charge in [0.2, 0.25) is 0 Å². The van der Waals surface area contributed by atoms with Gasteiger partial charge >= 0.3 is 0 Å². The molecule has 2 heteroatoms. The Labute approximate surface area is 119 Å². The summed E-state index contributed by atoms with van der Waals surface area (Å²) in [6, 6.07) is 0.799. The molecule has 0 bridgehead atoms. The largest absolute Gasteiger partial charge is 0.314 e. The van der Waals surface area contributed by atoms with Gasteiger partial charge in [0.25, 0.3) is 0 Å². The van der Waals surface area contributed by atoms with Crippen LogP contribution in [-0.4, -0.2) is 37.1 Å². The maximum absolute atomic E-state index is 3.77. The zero-order chi connectivity index (χ0) is 13.1. The Morgan fingerprint density at radius 1 is 0.895 bits per heavy atom. The molecule has 4 unspecified atom stereocenters. The van der Waals surface area contributed by atoms with Crippen molar-refractivity contribution in [1.29, 1.82) is 0 Å². The summed E-state index contributed by atoms with van der Waals surface area (Å²) in [5.41, 5.74) is 0. The molecule has 2 saturated carbocycles. The average molecular weight is 264 g/mol. The first-order valence-corrected chi connectivity index (χ1v) is 8.82. The van der Waals surface area contributed by atoms with E-state index in [4.69, 9.17) is 0 Å². The predicted molar refractivity (Wildman–Crippen MR) is 81.3 cm³/mol. The third-order valence-electron chi connectivity index (χ3n) is 5.92. The Balaban J connectivity index is 1.54. The summed E-state index contributed by atoms with van der Waals surface area (Å²) in [6.07, 6.45) is 11.8. The molecule has 110 valence electrons. The van der Waals surface area contributed by atoms with E-state index in [1.165, 1.54) is 71.0 Å². The van der Waals surface area contributed by atoms with Gasteiger partial charge in [-0.25, -0.2) is 0 Å². The minimum absolute atomic E-state index is 0.799. The van der Waals surface area contributed by atoms with Gasteiger partial charge in [-0.3, -0.25) is 0 Å². The molecule has 1 N–H and O–H groups in total. The molecular weight excluding hydrogens is 232 g/mol. The number of hydrogen-bond acceptors (Lipinski definition) is 2. The summed E-state index contributed by atoms with van der Waals surface area (Å²) in [5, 5.41) is 3.77. The highest BCUT2D eigenvalue weighted by Crippen LogP contribution is 2.38. The zero-order valence-electron chi connectivity index (χ0n) is 12.7. The lowest BCUT2D eigenvalue weighted by Gasteiger charge is -2.30. The first-order valence-electron chi connectivity index (χ1n) is 8.82. The van der Waals surface area contributed by atoms with Gasteiger partial charge < -0.3 is 10.2 Å². The fraction of sp³-hybridized carbons (Fsp3) is 1.00. The highest BCUT2D eigenvalue weighted by molar-refractivity contribution is 4.91. The van der Waals surface area contributed by atoms with Gasteiger partial charge in [-0.15, -0.1) is 0 Å². The summed E-state index contributed by atoms with van der Waals surface area (Å²) in [4.78, 5) is 2.81. The van der Waals surface area contributed by atoms with Crippen LogP contribution in [0.15, 0.2) is 0 Å². The Morgan fingerprint density at radius 3 is 2.37 bits per heavy atom. The van der Waals surface area contributed by atoms with Crippen molar-refractivity contribution in [1.82, 2.24) is 10.2 Å². The zero-order valence-corrected chi connectivity index (χ0v) is 12.7. The quantitative estimate of drug-likeness (QED) is 0.784. The van der Waals surface area contributed by atoms with Crippen molar-refractivity contribution in [3.05, 3.63) is 0 Å². The van der Waals surface area contributed by atoms with Gasteiger partial charge in [0.05, 0.1) is 0 Å². The molecule has 1 saturated heterocycles. The van der Waals surface area contributed by atoms with E-state index in [2.05, 4.69) is 17.1 Å². The van der Waals surface area contributed by atoms with Crippen molar-refractivity contribution in [2.75, 3.05) is 26.2 Å². The van der Waals surface area contributed by atoms with Crippen molar-refractivity contribution in [2.45, 2.75) is 64.3 Å². The molecular formula is C17H32N2. The van der Waals surface area contributed by atoms with Gasteiger partial charge in [-0.1, -0.05) is 32.6 Å². The van der Waals surface area contributed by atoms with Crippen LogP contribution in [0.5, 0.6) is 0 Å². The van der Waals surface area contributed by atoms with E-state index in [1.54, 1.807) is 0 Å². The first kappa shape index (κ1) is 13.9. The normalized spacial score (nSPS) is 40.3. The SMILES string of the molecule is CCNC1CCCCCC1CN1CC2CCCC2C1. The molecule has 2 nitrogen and oxygen atoms in total. The van der Waals surface area contributed by atoms with E-state index in [9.17, 15) is 0 Å². The van der Waals surface area contributed by atoms with E-state index in [0.717, 1.165) is 30.3 Å². The third-order valence-corrected chi connectivity index (χ3v) is 5.92. The Bertz CT molecular complexity index is 266. The van der Waals surface area contributed by atoms with Crippen LogP contribution in [0, 0.1) is 17.8 Å². The van der Waals surface area contributed by atoms with Crippen molar-refractivity contribution in [3.63, 3.8) is 0 Å². The molecule has 0 radical (unpaired) electrons. The average Bonchev–Trinajstić information content (AvgIpc) is 2.89. The number of hydrogen-bond donors (Lipinski definition) is 1. The van der Waals surface area contributed by atoms with Crippen LogP contribution in [-0.2, 0) is 0 Å². The molecule has 4 atom stereocenters. The molecule has 0 spiro atoms. The molecule has 0 aromatic rings. The molecule has 0 aromatic carbocycles. The second-order valence-corrected chi connectivity index (χ2v) is 7.23. The lowest BCUT2D eigenvalue weighted by molar-refractivity contribution is 0.214. The molecule has 19 heavy (non-hydrogen) atoms. The van der Waals surface area contributed by atoms with E-state index < -0.39 is 0 Å². The predicted octanol–water partition coefficient (Wildman–Crippen LogP) is 3.28. The summed E-state index contributed by atoms with van der Waals surface area (Å²) >= 11 is 0. The Morgan fingerprint density at radius 2 is 1.63 bits per heavy atom. The topological polar surface area (TPSA) is 15.3 Å². The lowest BCUT2D eigenvalue weighted by Crippen LogP contribution is -2.41. The number of fused-ring (bicyclic) bond motifs is 1. The maximum Gasteiger partial charge on any atom is 0.0107 e. The minimum Gasteiger partial charge on any atom is -0.314 e. The molecule has 3 rings (SSSR count). The van der Waals surface area contributed by atoms with E-state index >= 15 is 0 Å². The monoisotopic (exact) mass is 264 g/mol. The first-order chi connectivity index (χ1) is 9.36. The molecule has 3 fully saturated rings. The van der Waals surface area contributed by atoms with Crippen LogP contribution in [0.4, 0.5) is 0 Å². The molecule has 1 heterocycles. The summed E-state index contributed by atoms with van der Waals surface area (Å²) in [7, 11) is 0. The fourth-order valence-electron chi connectivity index (χ4n) is 4.95. The van der Waals surface area contributed by atoms with Crippen molar-refractivity contribution in [2.24, 2.45) is 17.8 Å². The van der Waals surface area contributed by atoms with Gasteiger partial charge in [0, 0.05) is 25.7 Å². The van der Waals surface area contributed by atoms with Gasteiger partial charge in [0.15, 0.2) is 0 Å². The Hall–Kier alpha value is -0.0800. The van der Waals surface area contributed by atoms with Crippen LogP contribution in [0.2, 0.25) is 0 Å². The van der Waals surface area contributed by atoms with Gasteiger partial charge in [-0.05, 0) is 50.0 Å². The number of likely N-dealkylation sites (tertiary alicyclic amines) is 1. The highest BCUT2D eigenvalue weighted by Gasteiger charge is 2.37. The molecule has 0 aromatic heterocycles. The maximum atomic E-state index is 3.77. The van der Waals surface area contributed by atoms with Crippen LogP contribution < -0.4 is 5.32 Å². The van der Waals surface area contributed by atoms with Crippen LogP contribution in [0.1, 0.15) is 58.3 Å². The molecule has 1 aliphatic heterocycles. The fourth-order valence-corrected chi connectivity index (χ4v) is 4.95. The molecule has 2 aliphatic carbocycles. The van der Waals surface area contributed by atoms with Gasteiger partial charge in [-0.2, -0.15) is 0 Å². The summed E-state index contributed by atoms with van der Waals surface area (Å²) in [6.45, 7) is 7.62.